The summed E-state index contributed by atoms with van der Waals surface area (Å²) >= 11 is 0. The number of hydrogen-bond donors (Lipinski definition) is 2. The molecule has 1 aliphatic rings. The maximum atomic E-state index is 11.4. The van der Waals surface area contributed by atoms with Gasteiger partial charge in [-0.2, -0.15) is 5.10 Å². The van der Waals surface area contributed by atoms with Crippen molar-refractivity contribution in [1.29, 1.82) is 0 Å². The second-order valence-electron chi connectivity index (χ2n) is 4.46. The number of amides is 1. The van der Waals surface area contributed by atoms with E-state index < -0.39 is 5.91 Å². The molecule has 0 unspecified atom stereocenters. The van der Waals surface area contributed by atoms with Gasteiger partial charge in [0.15, 0.2) is 5.76 Å². The Morgan fingerprint density at radius 1 is 1.56 bits per heavy atom. The third kappa shape index (κ3) is 2.02. The van der Waals surface area contributed by atoms with Gasteiger partial charge in [0.25, 0.3) is 0 Å². The summed E-state index contributed by atoms with van der Waals surface area (Å²) in [6.07, 6.45) is 5.85. The molecule has 3 N–H and O–H groups in total. The molecule has 94 valence electrons. The van der Waals surface area contributed by atoms with Crippen LogP contribution in [0.15, 0.2) is 29.0 Å². The van der Waals surface area contributed by atoms with Gasteiger partial charge in [-0.05, 0) is 25.0 Å². The Hall–Kier alpha value is -2.08. The Kier molecular flexibility index (Phi) is 2.64. The molecule has 6 heteroatoms. The summed E-state index contributed by atoms with van der Waals surface area (Å²) in [5.41, 5.74) is 3.96. The summed E-state index contributed by atoms with van der Waals surface area (Å²) in [5.74, 6) is 5.53. The molecule has 1 saturated carbocycles. The van der Waals surface area contributed by atoms with Gasteiger partial charge in [0.1, 0.15) is 0 Å². The van der Waals surface area contributed by atoms with Crippen LogP contribution in [0.5, 0.6) is 0 Å². The van der Waals surface area contributed by atoms with Crippen LogP contribution in [0.2, 0.25) is 0 Å². The van der Waals surface area contributed by atoms with E-state index in [2.05, 4.69) is 10.5 Å². The highest BCUT2D eigenvalue weighted by Crippen LogP contribution is 2.38. The Morgan fingerprint density at radius 3 is 3.11 bits per heavy atom. The Labute approximate surface area is 104 Å². The lowest BCUT2D eigenvalue weighted by Gasteiger charge is -2.02. The van der Waals surface area contributed by atoms with Crippen molar-refractivity contribution in [3.05, 3.63) is 41.6 Å². The first-order valence-corrected chi connectivity index (χ1v) is 5.88. The number of nitrogens with two attached hydrogens (primary N) is 1. The molecule has 0 bridgehead atoms. The molecular formula is C12H14N4O2. The molecule has 18 heavy (non-hydrogen) atoms. The molecule has 3 rings (SSSR count). The predicted octanol–water partition coefficient (Wildman–Crippen LogP) is 1.01. The maximum absolute atomic E-state index is 11.4. The topological polar surface area (TPSA) is 86.1 Å². The van der Waals surface area contributed by atoms with Crippen LogP contribution in [0, 0.1) is 0 Å². The fourth-order valence-corrected chi connectivity index (χ4v) is 1.96. The van der Waals surface area contributed by atoms with E-state index in [-0.39, 0.29) is 5.76 Å². The molecule has 1 aliphatic carbocycles. The van der Waals surface area contributed by atoms with E-state index in [1.807, 2.05) is 16.9 Å². The summed E-state index contributed by atoms with van der Waals surface area (Å²) in [6, 6.07) is 3.78. The van der Waals surface area contributed by atoms with Crippen LogP contribution in [0.25, 0.3) is 0 Å². The van der Waals surface area contributed by atoms with Crippen LogP contribution in [0.3, 0.4) is 0 Å². The van der Waals surface area contributed by atoms with Crippen LogP contribution in [-0.2, 0) is 6.54 Å². The van der Waals surface area contributed by atoms with Crippen LogP contribution < -0.4 is 11.3 Å². The van der Waals surface area contributed by atoms with Crippen LogP contribution in [0.4, 0.5) is 0 Å². The van der Waals surface area contributed by atoms with Crippen molar-refractivity contribution in [2.45, 2.75) is 25.3 Å². The van der Waals surface area contributed by atoms with Gasteiger partial charge in [-0.1, -0.05) is 0 Å². The average molecular weight is 246 g/mol. The van der Waals surface area contributed by atoms with E-state index in [4.69, 9.17) is 10.3 Å². The first-order valence-electron chi connectivity index (χ1n) is 5.88. The molecule has 0 radical (unpaired) electrons. The second kappa shape index (κ2) is 4.30. The van der Waals surface area contributed by atoms with Crippen molar-refractivity contribution in [3.8, 4) is 0 Å². The first kappa shape index (κ1) is 11.0. The van der Waals surface area contributed by atoms with E-state index in [9.17, 15) is 4.79 Å². The van der Waals surface area contributed by atoms with Crippen molar-refractivity contribution in [2.24, 2.45) is 5.84 Å². The molecule has 0 spiro atoms. The minimum Gasteiger partial charge on any atom is -0.459 e. The molecule has 1 amide bonds. The molecular weight excluding hydrogens is 232 g/mol. The summed E-state index contributed by atoms with van der Waals surface area (Å²) in [5, 5.41) is 4.49. The number of rotatable bonds is 4. The molecule has 0 atom stereocenters. The quantitative estimate of drug-likeness (QED) is 0.479. The largest absolute Gasteiger partial charge is 0.459 e. The lowest BCUT2D eigenvalue weighted by Crippen LogP contribution is -2.30. The third-order valence-electron chi connectivity index (χ3n) is 3.07. The molecule has 0 aliphatic heterocycles. The number of hydrazine groups is 1. The second-order valence-corrected chi connectivity index (χ2v) is 4.46. The van der Waals surface area contributed by atoms with Gasteiger partial charge in [0.05, 0.1) is 18.5 Å². The molecule has 1 fully saturated rings. The van der Waals surface area contributed by atoms with Crippen molar-refractivity contribution in [3.63, 3.8) is 0 Å². The van der Waals surface area contributed by atoms with Gasteiger partial charge in [0.2, 0.25) is 0 Å². The summed E-state index contributed by atoms with van der Waals surface area (Å²) in [6.45, 7) is 0.506. The zero-order valence-electron chi connectivity index (χ0n) is 9.80. The van der Waals surface area contributed by atoms with Gasteiger partial charge < -0.3 is 4.42 Å². The zero-order valence-corrected chi connectivity index (χ0v) is 9.80. The number of carbonyl (C=O) groups is 1. The zero-order chi connectivity index (χ0) is 12.5. The highest BCUT2D eigenvalue weighted by Gasteiger charge is 2.26. The first-order chi connectivity index (χ1) is 8.78. The Bertz CT molecular complexity index is 568. The number of nitrogen functional groups attached to an aromatic ring is 1. The fraction of sp³-hybridized carbons (Fsp3) is 0.333. The minimum absolute atomic E-state index is 0.237. The number of aromatic nitrogens is 2. The monoisotopic (exact) mass is 246 g/mol. The SMILES string of the molecule is NNC(=O)c1occc1Cn1ccc(C2CC2)n1. The lowest BCUT2D eigenvalue weighted by atomic mass is 10.2. The predicted molar refractivity (Wildman–Crippen MR) is 63.7 cm³/mol. The third-order valence-corrected chi connectivity index (χ3v) is 3.07. The number of nitrogens with one attached hydrogen (secondary N) is 1. The van der Waals surface area contributed by atoms with Gasteiger partial charge in [0, 0.05) is 17.7 Å². The van der Waals surface area contributed by atoms with Crippen LogP contribution in [0.1, 0.15) is 40.6 Å². The van der Waals surface area contributed by atoms with E-state index in [0.29, 0.717) is 12.5 Å². The lowest BCUT2D eigenvalue weighted by molar-refractivity contribution is 0.0924. The van der Waals surface area contributed by atoms with Crippen molar-refractivity contribution in [2.75, 3.05) is 0 Å². The standard InChI is InChI=1S/C12H14N4O2/c13-14-12(17)11-9(4-6-18-11)7-16-5-3-10(15-16)8-1-2-8/h3-6,8H,1-2,7,13H2,(H,14,17). The fourth-order valence-electron chi connectivity index (χ4n) is 1.96. The van der Waals surface area contributed by atoms with E-state index >= 15 is 0 Å². The van der Waals surface area contributed by atoms with Crippen molar-refractivity contribution < 1.29 is 9.21 Å². The van der Waals surface area contributed by atoms with Gasteiger partial charge in [-0.15, -0.1) is 0 Å². The van der Waals surface area contributed by atoms with Gasteiger partial charge in [-0.25, -0.2) is 5.84 Å². The van der Waals surface area contributed by atoms with E-state index in [1.165, 1.54) is 19.1 Å². The van der Waals surface area contributed by atoms with Crippen molar-refractivity contribution in [1.82, 2.24) is 15.2 Å². The van der Waals surface area contributed by atoms with Gasteiger partial charge in [-0.3, -0.25) is 14.9 Å². The highest BCUT2D eigenvalue weighted by molar-refractivity contribution is 5.92. The van der Waals surface area contributed by atoms with E-state index in [1.54, 1.807) is 6.07 Å². The summed E-state index contributed by atoms with van der Waals surface area (Å²) in [7, 11) is 0. The molecule has 2 aromatic heterocycles. The van der Waals surface area contributed by atoms with Crippen LogP contribution >= 0.6 is 0 Å². The summed E-state index contributed by atoms with van der Waals surface area (Å²) in [4.78, 5) is 11.4. The number of carbonyl (C=O) groups excluding carboxylic acids is 1. The van der Waals surface area contributed by atoms with Crippen LogP contribution in [-0.4, -0.2) is 15.7 Å². The summed E-state index contributed by atoms with van der Waals surface area (Å²) < 4.78 is 6.93. The van der Waals surface area contributed by atoms with Gasteiger partial charge >= 0.3 is 5.91 Å². The molecule has 2 aromatic rings. The normalized spacial score (nSPS) is 14.7. The minimum atomic E-state index is -0.426. The molecule has 0 saturated heterocycles. The number of hydrogen-bond acceptors (Lipinski definition) is 4. The average Bonchev–Trinajstić information content (AvgIpc) is 2.96. The van der Waals surface area contributed by atoms with Crippen molar-refractivity contribution >= 4 is 5.91 Å². The number of nitrogens with zero attached hydrogens (tertiary/aromatic N) is 2. The smallest absolute Gasteiger partial charge is 0.301 e. The highest BCUT2D eigenvalue weighted by atomic mass is 16.3. The van der Waals surface area contributed by atoms with E-state index in [0.717, 1.165) is 11.3 Å². The molecule has 6 nitrogen and oxygen atoms in total. The Balaban J connectivity index is 1.78. The molecule has 2 heterocycles. The molecule has 0 aromatic carbocycles. The Morgan fingerprint density at radius 2 is 2.39 bits per heavy atom. The number of furan rings is 1. The maximum Gasteiger partial charge on any atom is 0.301 e.